The molecule has 0 radical (unpaired) electrons. The summed E-state index contributed by atoms with van der Waals surface area (Å²) in [6, 6.07) is 15.4. The SMILES string of the molecule is Cc1ccc(NC(=O)C(C)N(C)Cc2ccccc2)cc1N. The van der Waals surface area contributed by atoms with E-state index in [0.29, 0.717) is 5.69 Å². The van der Waals surface area contributed by atoms with Crippen LogP contribution in [-0.4, -0.2) is 23.9 Å². The van der Waals surface area contributed by atoms with E-state index in [-0.39, 0.29) is 11.9 Å². The molecule has 0 aliphatic rings. The third-order valence-corrected chi connectivity index (χ3v) is 3.86. The van der Waals surface area contributed by atoms with Gasteiger partial charge in [0, 0.05) is 17.9 Å². The number of benzene rings is 2. The average Bonchev–Trinajstić information content (AvgIpc) is 2.51. The lowest BCUT2D eigenvalue weighted by Crippen LogP contribution is -2.39. The average molecular weight is 297 g/mol. The molecular formula is C18H23N3O. The van der Waals surface area contributed by atoms with Crippen LogP contribution in [0.2, 0.25) is 0 Å². The summed E-state index contributed by atoms with van der Waals surface area (Å²) in [5, 5.41) is 2.92. The molecule has 2 aromatic rings. The number of nitrogens with two attached hydrogens (primary N) is 1. The molecule has 0 aliphatic heterocycles. The van der Waals surface area contributed by atoms with Gasteiger partial charge >= 0.3 is 0 Å². The molecule has 0 saturated heterocycles. The topological polar surface area (TPSA) is 58.4 Å². The number of carbonyl (C=O) groups is 1. The number of rotatable bonds is 5. The van der Waals surface area contributed by atoms with E-state index in [1.54, 1.807) is 6.07 Å². The number of carbonyl (C=O) groups excluding carboxylic acids is 1. The zero-order valence-electron chi connectivity index (χ0n) is 13.3. The first-order valence-corrected chi connectivity index (χ1v) is 7.38. The Morgan fingerprint density at radius 2 is 1.91 bits per heavy atom. The zero-order valence-corrected chi connectivity index (χ0v) is 13.3. The maximum Gasteiger partial charge on any atom is 0.241 e. The highest BCUT2D eigenvalue weighted by atomic mass is 16.2. The number of nitrogens with one attached hydrogen (secondary N) is 1. The summed E-state index contributed by atoms with van der Waals surface area (Å²) in [6.45, 7) is 4.57. The summed E-state index contributed by atoms with van der Waals surface area (Å²) in [5.74, 6) is -0.0401. The Balaban J connectivity index is 1.97. The number of hydrogen-bond donors (Lipinski definition) is 2. The molecule has 4 heteroatoms. The van der Waals surface area contributed by atoms with Crippen LogP contribution in [-0.2, 0) is 11.3 Å². The maximum absolute atomic E-state index is 12.3. The van der Waals surface area contributed by atoms with E-state index in [2.05, 4.69) is 17.4 Å². The van der Waals surface area contributed by atoms with Gasteiger partial charge in [-0.3, -0.25) is 9.69 Å². The fourth-order valence-electron chi connectivity index (χ4n) is 2.17. The van der Waals surface area contributed by atoms with Gasteiger partial charge in [0.05, 0.1) is 6.04 Å². The predicted molar refractivity (Wildman–Crippen MR) is 91.6 cm³/mol. The first kappa shape index (κ1) is 16.0. The van der Waals surface area contributed by atoms with E-state index in [9.17, 15) is 4.79 Å². The number of amides is 1. The largest absolute Gasteiger partial charge is 0.398 e. The lowest BCUT2D eigenvalue weighted by Gasteiger charge is -2.24. The number of aryl methyl sites for hydroxylation is 1. The van der Waals surface area contributed by atoms with Gasteiger partial charge in [-0.05, 0) is 44.2 Å². The van der Waals surface area contributed by atoms with Crippen molar-refractivity contribution in [3.8, 4) is 0 Å². The van der Waals surface area contributed by atoms with Gasteiger partial charge in [-0.15, -0.1) is 0 Å². The van der Waals surface area contributed by atoms with Crippen molar-refractivity contribution in [2.24, 2.45) is 0 Å². The van der Waals surface area contributed by atoms with Crippen LogP contribution in [0.5, 0.6) is 0 Å². The number of nitrogens with zero attached hydrogens (tertiary/aromatic N) is 1. The Bertz CT molecular complexity index is 640. The molecule has 4 nitrogen and oxygen atoms in total. The van der Waals surface area contributed by atoms with E-state index in [0.717, 1.165) is 17.8 Å². The molecule has 0 aromatic heterocycles. The van der Waals surface area contributed by atoms with Crippen molar-refractivity contribution in [3.63, 3.8) is 0 Å². The molecule has 0 heterocycles. The molecule has 3 N–H and O–H groups in total. The summed E-state index contributed by atoms with van der Waals surface area (Å²) >= 11 is 0. The van der Waals surface area contributed by atoms with Crippen molar-refractivity contribution in [3.05, 3.63) is 59.7 Å². The van der Waals surface area contributed by atoms with Crippen molar-refractivity contribution in [1.29, 1.82) is 0 Å². The van der Waals surface area contributed by atoms with Gasteiger partial charge in [-0.1, -0.05) is 36.4 Å². The molecule has 1 atom stereocenters. The van der Waals surface area contributed by atoms with Gasteiger partial charge in [-0.2, -0.15) is 0 Å². The van der Waals surface area contributed by atoms with Crippen LogP contribution in [0.1, 0.15) is 18.1 Å². The third-order valence-electron chi connectivity index (χ3n) is 3.86. The Labute approximate surface area is 131 Å². The summed E-state index contributed by atoms with van der Waals surface area (Å²) in [6.07, 6.45) is 0. The summed E-state index contributed by atoms with van der Waals surface area (Å²) < 4.78 is 0. The van der Waals surface area contributed by atoms with E-state index in [1.165, 1.54) is 5.56 Å². The highest BCUT2D eigenvalue weighted by Gasteiger charge is 2.18. The quantitative estimate of drug-likeness (QED) is 0.834. The van der Waals surface area contributed by atoms with Gasteiger partial charge in [-0.25, -0.2) is 0 Å². The molecule has 1 amide bonds. The first-order valence-electron chi connectivity index (χ1n) is 7.38. The van der Waals surface area contributed by atoms with Crippen LogP contribution in [0, 0.1) is 6.92 Å². The van der Waals surface area contributed by atoms with Gasteiger partial charge in [0.2, 0.25) is 5.91 Å². The second-order valence-corrected chi connectivity index (χ2v) is 5.64. The predicted octanol–water partition coefficient (Wildman–Crippen LogP) is 3.04. The monoisotopic (exact) mass is 297 g/mol. The van der Waals surface area contributed by atoms with Crippen molar-refractivity contribution in [2.75, 3.05) is 18.1 Å². The molecule has 0 spiro atoms. The molecule has 1 unspecified atom stereocenters. The smallest absolute Gasteiger partial charge is 0.241 e. The van der Waals surface area contributed by atoms with Crippen LogP contribution in [0.25, 0.3) is 0 Å². The normalized spacial score (nSPS) is 12.2. The number of hydrogen-bond acceptors (Lipinski definition) is 3. The van der Waals surface area contributed by atoms with Crippen LogP contribution in [0.3, 0.4) is 0 Å². The van der Waals surface area contributed by atoms with Gasteiger partial charge in [0.1, 0.15) is 0 Å². The van der Waals surface area contributed by atoms with E-state index >= 15 is 0 Å². The second kappa shape index (κ2) is 7.09. The van der Waals surface area contributed by atoms with E-state index in [1.807, 2.05) is 56.1 Å². The third kappa shape index (κ3) is 4.09. The van der Waals surface area contributed by atoms with Crippen LogP contribution in [0.15, 0.2) is 48.5 Å². The van der Waals surface area contributed by atoms with Crippen molar-refractivity contribution in [1.82, 2.24) is 4.90 Å². The minimum absolute atomic E-state index is 0.0401. The Morgan fingerprint density at radius 1 is 1.23 bits per heavy atom. The van der Waals surface area contributed by atoms with Crippen LogP contribution < -0.4 is 11.1 Å². The zero-order chi connectivity index (χ0) is 16.1. The molecular weight excluding hydrogens is 274 g/mol. The maximum atomic E-state index is 12.3. The lowest BCUT2D eigenvalue weighted by atomic mass is 10.1. The lowest BCUT2D eigenvalue weighted by molar-refractivity contribution is -0.120. The van der Waals surface area contributed by atoms with Crippen molar-refractivity contribution in [2.45, 2.75) is 26.4 Å². The molecule has 0 fully saturated rings. The highest BCUT2D eigenvalue weighted by molar-refractivity contribution is 5.95. The Morgan fingerprint density at radius 3 is 2.55 bits per heavy atom. The molecule has 0 bridgehead atoms. The molecule has 116 valence electrons. The molecule has 2 rings (SSSR count). The highest BCUT2D eigenvalue weighted by Crippen LogP contribution is 2.17. The van der Waals surface area contributed by atoms with Crippen LogP contribution in [0.4, 0.5) is 11.4 Å². The van der Waals surface area contributed by atoms with E-state index in [4.69, 9.17) is 5.73 Å². The van der Waals surface area contributed by atoms with Crippen molar-refractivity contribution >= 4 is 17.3 Å². The second-order valence-electron chi connectivity index (χ2n) is 5.64. The summed E-state index contributed by atoms with van der Waals surface area (Å²) in [5.41, 5.74) is 9.48. The number of nitrogen functional groups attached to an aromatic ring is 1. The molecule has 2 aromatic carbocycles. The van der Waals surface area contributed by atoms with Crippen LogP contribution >= 0.6 is 0 Å². The number of anilines is 2. The molecule has 0 saturated carbocycles. The first-order chi connectivity index (χ1) is 10.5. The van der Waals surface area contributed by atoms with Gasteiger partial charge in [0.15, 0.2) is 0 Å². The standard InChI is InChI=1S/C18H23N3O/c1-13-9-10-16(11-17(13)19)20-18(22)14(2)21(3)12-15-7-5-4-6-8-15/h4-11,14H,12,19H2,1-3H3,(H,20,22). The van der Waals surface area contributed by atoms with Gasteiger partial charge in [0.25, 0.3) is 0 Å². The van der Waals surface area contributed by atoms with E-state index < -0.39 is 0 Å². The molecule has 22 heavy (non-hydrogen) atoms. The molecule has 0 aliphatic carbocycles. The summed E-state index contributed by atoms with van der Waals surface area (Å²) in [7, 11) is 1.95. The fourth-order valence-corrected chi connectivity index (χ4v) is 2.17. The Kier molecular flexibility index (Phi) is 5.17. The Hall–Kier alpha value is -2.33. The van der Waals surface area contributed by atoms with Crippen molar-refractivity contribution < 1.29 is 4.79 Å². The number of likely N-dealkylation sites (N-methyl/N-ethyl adjacent to an activating group) is 1. The summed E-state index contributed by atoms with van der Waals surface area (Å²) in [4.78, 5) is 14.4. The fraction of sp³-hybridized carbons (Fsp3) is 0.278. The minimum Gasteiger partial charge on any atom is -0.398 e. The van der Waals surface area contributed by atoms with Gasteiger partial charge < -0.3 is 11.1 Å². The minimum atomic E-state index is -0.234.